The third-order valence-electron chi connectivity index (χ3n) is 1.82. The molecule has 0 aromatic heterocycles. The van der Waals surface area contributed by atoms with E-state index in [9.17, 15) is 17.6 Å². The summed E-state index contributed by atoms with van der Waals surface area (Å²) in [7, 11) is 0. The Morgan fingerprint density at radius 3 is 2.47 bits per heavy atom. The Hall–Kier alpha value is -0.810. The smallest absolute Gasteiger partial charge is 0.383 e. The van der Waals surface area contributed by atoms with Crippen LogP contribution in [0.15, 0.2) is 18.2 Å². The molecule has 1 aromatic carbocycles. The van der Waals surface area contributed by atoms with Crippen molar-refractivity contribution in [1.29, 1.82) is 0 Å². The standard InChI is InChI=1S/C9H7ClF4O/c10-8-5(2-1-3-6(8)11)4-7(15)9(12,13)14/h1-3,7,15H,4H2/t7-/m1/s1. The molecule has 0 saturated carbocycles. The summed E-state index contributed by atoms with van der Waals surface area (Å²) in [6.07, 6.45) is -8.01. The predicted octanol–water partition coefficient (Wildman–Crippen LogP) is 2.94. The van der Waals surface area contributed by atoms with Gasteiger partial charge in [0.2, 0.25) is 0 Å². The van der Waals surface area contributed by atoms with Crippen molar-refractivity contribution in [3.63, 3.8) is 0 Å². The quantitative estimate of drug-likeness (QED) is 0.791. The molecule has 1 rings (SSSR count). The van der Waals surface area contributed by atoms with Gasteiger partial charge in [-0.3, -0.25) is 0 Å². The normalized spacial score (nSPS) is 14.0. The van der Waals surface area contributed by atoms with Gasteiger partial charge in [0.1, 0.15) is 5.82 Å². The van der Waals surface area contributed by atoms with Gasteiger partial charge in [-0.2, -0.15) is 13.2 Å². The number of benzene rings is 1. The van der Waals surface area contributed by atoms with Crippen molar-refractivity contribution in [2.24, 2.45) is 0 Å². The van der Waals surface area contributed by atoms with Gasteiger partial charge >= 0.3 is 6.18 Å². The Kier molecular flexibility index (Phi) is 3.57. The second kappa shape index (κ2) is 4.37. The summed E-state index contributed by atoms with van der Waals surface area (Å²) < 4.78 is 48.8. The van der Waals surface area contributed by atoms with Crippen LogP contribution in [0, 0.1) is 5.82 Å². The number of rotatable bonds is 2. The molecule has 84 valence electrons. The Labute approximate surface area is 88.3 Å². The second-order valence-electron chi connectivity index (χ2n) is 2.97. The third-order valence-corrected chi connectivity index (χ3v) is 2.25. The highest BCUT2D eigenvalue weighted by Crippen LogP contribution is 2.27. The van der Waals surface area contributed by atoms with E-state index in [2.05, 4.69) is 0 Å². The van der Waals surface area contributed by atoms with Crippen LogP contribution in [0.2, 0.25) is 5.02 Å². The summed E-state index contributed by atoms with van der Waals surface area (Å²) in [6, 6.07) is 3.51. The number of halogens is 5. The minimum Gasteiger partial charge on any atom is -0.383 e. The van der Waals surface area contributed by atoms with Gasteiger partial charge in [-0.15, -0.1) is 0 Å². The van der Waals surface area contributed by atoms with Gasteiger partial charge in [-0.05, 0) is 11.6 Å². The van der Waals surface area contributed by atoms with Crippen molar-refractivity contribution in [3.8, 4) is 0 Å². The van der Waals surface area contributed by atoms with Gasteiger partial charge in [-0.1, -0.05) is 23.7 Å². The van der Waals surface area contributed by atoms with E-state index in [1.165, 1.54) is 12.1 Å². The zero-order valence-electron chi connectivity index (χ0n) is 7.35. The number of aliphatic hydroxyl groups is 1. The summed E-state index contributed by atoms with van der Waals surface area (Å²) in [5.41, 5.74) is -0.0681. The molecular weight excluding hydrogens is 236 g/mol. The molecule has 6 heteroatoms. The molecule has 1 aromatic rings. The summed E-state index contributed by atoms with van der Waals surface area (Å²) in [5.74, 6) is -0.802. The lowest BCUT2D eigenvalue weighted by Crippen LogP contribution is -2.30. The van der Waals surface area contributed by atoms with Crippen LogP contribution >= 0.6 is 11.6 Å². The van der Waals surface area contributed by atoms with E-state index in [-0.39, 0.29) is 10.6 Å². The molecule has 15 heavy (non-hydrogen) atoms. The molecule has 0 amide bonds. The van der Waals surface area contributed by atoms with Crippen LogP contribution in [-0.4, -0.2) is 17.4 Å². The summed E-state index contributed by atoms with van der Waals surface area (Å²) in [6.45, 7) is 0. The van der Waals surface area contributed by atoms with Crippen LogP contribution in [0.1, 0.15) is 5.56 Å². The summed E-state index contributed by atoms with van der Waals surface area (Å²) in [5, 5.41) is 8.36. The first kappa shape index (κ1) is 12.3. The van der Waals surface area contributed by atoms with Crippen LogP contribution < -0.4 is 0 Å². The van der Waals surface area contributed by atoms with Gasteiger partial charge in [0.15, 0.2) is 6.10 Å². The van der Waals surface area contributed by atoms with Crippen molar-refractivity contribution < 1.29 is 22.7 Å². The first-order valence-corrected chi connectivity index (χ1v) is 4.38. The second-order valence-corrected chi connectivity index (χ2v) is 3.35. The average Bonchev–Trinajstić information content (AvgIpc) is 2.11. The Balaban J connectivity index is 2.86. The van der Waals surface area contributed by atoms with Crippen molar-refractivity contribution in [3.05, 3.63) is 34.6 Å². The molecule has 0 fully saturated rings. The number of aliphatic hydroxyl groups excluding tert-OH is 1. The van der Waals surface area contributed by atoms with Crippen LogP contribution in [0.4, 0.5) is 17.6 Å². The monoisotopic (exact) mass is 242 g/mol. The van der Waals surface area contributed by atoms with Crippen molar-refractivity contribution in [1.82, 2.24) is 0 Å². The molecule has 0 bridgehead atoms. The molecule has 0 unspecified atom stereocenters. The number of hydrogen-bond acceptors (Lipinski definition) is 1. The molecular formula is C9H7ClF4O. The van der Waals surface area contributed by atoms with Gasteiger partial charge < -0.3 is 5.11 Å². The van der Waals surface area contributed by atoms with Crippen LogP contribution in [0.3, 0.4) is 0 Å². The maximum absolute atomic E-state index is 12.8. The molecule has 0 heterocycles. The van der Waals surface area contributed by atoms with E-state index in [1.54, 1.807) is 0 Å². The zero-order valence-corrected chi connectivity index (χ0v) is 8.11. The van der Waals surface area contributed by atoms with Crippen molar-refractivity contribution in [2.45, 2.75) is 18.7 Å². The molecule has 1 atom stereocenters. The molecule has 0 spiro atoms. The van der Waals surface area contributed by atoms with Crippen LogP contribution in [0.25, 0.3) is 0 Å². The Morgan fingerprint density at radius 1 is 1.33 bits per heavy atom. The maximum Gasteiger partial charge on any atom is 0.414 e. The highest BCUT2D eigenvalue weighted by atomic mass is 35.5. The minimum absolute atomic E-state index is 0.0681. The van der Waals surface area contributed by atoms with E-state index in [1.807, 2.05) is 0 Å². The lowest BCUT2D eigenvalue weighted by molar-refractivity contribution is -0.203. The lowest BCUT2D eigenvalue weighted by atomic mass is 10.1. The topological polar surface area (TPSA) is 20.2 Å². The van der Waals surface area contributed by atoms with Crippen LogP contribution in [0.5, 0.6) is 0 Å². The Bertz CT molecular complexity index is 350. The highest BCUT2D eigenvalue weighted by Gasteiger charge is 2.38. The molecule has 0 aliphatic carbocycles. The van der Waals surface area contributed by atoms with Gasteiger partial charge in [0, 0.05) is 6.42 Å². The number of alkyl halides is 3. The zero-order chi connectivity index (χ0) is 11.6. The number of hydrogen-bond donors (Lipinski definition) is 1. The summed E-state index contributed by atoms with van der Waals surface area (Å²) in [4.78, 5) is 0. The van der Waals surface area contributed by atoms with E-state index in [0.29, 0.717) is 0 Å². The fourth-order valence-corrected chi connectivity index (χ4v) is 1.23. The lowest BCUT2D eigenvalue weighted by Gasteiger charge is -2.15. The van der Waals surface area contributed by atoms with Crippen LogP contribution in [-0.2, 0) is 6.42 Å². The first-order chi connectivity index (χ1) is 6.82. The first-order valence-electron chi connectivity index (χ1n) is 4.00. The fraction of sp³-hybridized carbons (Fsp3) is 0.333. The van der Waals surface area contributed by atoms with Crippen molar-refractivity contribution in [2.75, 3.05) is 0 Å². The van der Waals surface area contributed by atoms with E-state index < -0.39 is 24.5 Å². The van der Waals surface area contributed by atoms with E-state index >= 15 is 0 Å². The molecule has 0 radical (unpaired) electrons. The Morgan fingerprint density at radius 2 is 1.93 bits per heavy atom. The largest absolute Gasteiger partial charge is 0.414 e. The van der Waals surface area contributed by atoms with E-state index in [0.717, 1.165) is 6.07 Å². The molecule has 1 N–H and O–H groups in total. The SMILES string of the molecule is O[C@H](Cc1cccc(F)c1Cl)C(F)(F)F. The van der Waals surface area contributed by atoms with Gasteiger partial charge in [-0.25, -0.2) is 4.39 Å². The molecule has 0 aliphatic heterocycles. The van der Waals surface area contributed by atoms with E-state index in [4.69, 9.17) is 16.7 Å². The van der Waals surface area contributed by atoms with Gasteiger partial charge in [0.05, 0.1) is 5.02 Å². The minimum atomic E-state index is -4.73. The third kappa shape index (κ3) is 3.07. The van der Waals surface area contributed by atoms with Gasteiger partial charge in [0.25, 0.3) is 0 Å². The predicted molar refractivity (Wildman–Crippen MR) is 47.2 cm³/mol. The molecule has 0 saturated heterocycles. The van der Waals surface area contributed by atoms with Crippen molar-refractivity contribution >= 4 is 11.6 Å². The highest BCUT2D eigenvalue weighted by molar-refractivity contribution is 6.31. The maximum atomic E-state index is 12.8. The molecule has 0 aliphatic rings. The summed E-state index contributed by atoms with van der Waals surface area (Å²) >= 11 is 5.43. The fourth-order valence-electron chi connectivity index (χ4n) is 1.03. The molecule has 1 nitrogen and oxygen atoms in total. The average molecular weight is 243 g/mol.